The van der Waals surface area contributed by atoms with Crippen molar-refractivity contribution in [3.63, 3.8) is 0 Å². The van der Waals surface area contributed by atoms with Gasteiger partial charge in [-0.3, -0.25) is 0 Å². The lowest BCUT2D eigenvalue weighted by molar-refractivity contribution is -0.132. The molecule has 0 bridgehead atoms. The fourth-order valence-electron chi connectivity index (χ4n) is 3.06. The summed E-state index contributed by atoms with van der Waals surface area (Å²) in [6.07, 6.45) is 1.67. The zero-order valence-electron chi connectivity index (χ0n) is 15.6. The van der Waals surface area contributed by atoms with Gasteiger partial charge in [0.1, 0.15) is 0 Å². The van der Waals surface area contributed by atoms with Crippen LogP contribution in [0.4, 0.5) is 0 Å². The molecule has 0 saturated heterocycles. The predicted molar refractivity (Wildman–Crippen MR) is 97.4 cm³/mol. The van der Waals surface area contributed by atoms with Crippen molar-refractivity contribution in [3.8, 4) is 11.5 Å². The number of carboxylic acid groups (broad SMARTS) is 1. The zero-order chi connectivity index (χ0) is 18.7. The molecule has 0 aliphatic rings. The second kappa shape index (κ2) is 7.61. The van der Waals surface area contributed by atoms with Crippen LogP contribution in [-0.4, -0.2) is 36.7 Å². The first-order valence-corrected chi connectivity index (χ1v) is 8.11. The molecule has 0 unspecified atom stereocenters. The highest BCUT2D eigenvalue weighted by atomic mass is 16.7. The maximum absolute atomic E-state index is 11.3. The van der Waals surface area contributed by atoms with Gasteiger partial charge in [-0.05, 0) is 51.0 Å². The third-order valence-corrected chi connectivity index (χ3v) is 4.41. The van der Waals surface area contributed by atoms with E-state index in [9.17, 15) is 9.90 Å². The summed E-state index contributed by atoms with van der Waals surface area (Å²) >= 11 is 0. The van der Waals surface area contributed by atoms with Crippen LogP contribution in [0.5, 0.6) is 11.5 Å². The van der Waals surface area contributed by atoms with Gasteiger partial charge in [0.25, 0.3) is 0 Å². The quantitative estimate of drug-likeness (QED) is 0.610. The first-order valence-electron chi connectivity index (χ1n) is 8.11. The van der Waals surface area contributed by atoms with Crippen LogP contribution >= 0.6 is 0 Å². The molecule has 25 heavy (non-hydrogen) atoms. The molecule has 136 valence electrons. The van der Waals surface area contributed by atoms with Crippen LogP contribution in [0.3, 0.4) is 0 Å². The van der Waals surface area contributed by atoms with Gasteiger partial charge in [-0.25, -0.2) is 4.79 Å². The normalized spacial score (nSPS) is 11.8. The molecule has 2 aromatic rings. The smallest absolute Gasteiger partial charge is 0.331 e. The molecule has 0 amide bonds. The Balaban J connectivity index is 2.92. The molecule has 1 N–H and O–H groups in total. The van der Waals surface area contributed by atoms with E-state index in [2.05, 4.69) is 11.5 Å². The van der Waals surface area contributed by atoms with E-state index in [1.165, 1.54) is 0 Å². The second-order valence-electron chi connectivity index (χ2n) is 5.86. The Morgan fingerprint density at radius 2 is 2.00 bits per heavy atom. The highest BCUT2D eigenvalue weighted by Crippen LogP contribution is 2.42. The van der Waals surface area contributed by atoms with Gasteiger partial charge in [-0.1, -0.05) is 0 Å². The Hall–Kier alpha value is -2.47. The number of fused-ring (bicyclic) bond motifs is 1. The van der Waals surface area contributed by atoms with Crippen molar-refractivity contribution in [3.05, 3.63) is 28.5 Å². The van der Waals surface area contributed by atoms with Crippen LogP contribution in [0.15, 0.2) is 11.6 Å². The molecule has 0 atom stereocenters. The highest BCUT2D eigenvalue weighted by Gasteiger charge is 2.22. The number of aryl methyl sites for hydroxylation is 2. The fraction of sp³-hybridized carbons (Fsp3) is 0.421. The summed E-state index contributed by atoms with van der Waals surface area (Å²) in [5, 5.41) is 10.2. The number of hydrogen-bond acceptors (Lipinski definition) is 4. The number of aromatic nitrogens is 1. The van der Waals surface area contributed by atoms with E-state index in [1.54, 1.807) is 27.2 Å². The number of carboxylic acids is 1. The lowest BCUT2D eigenvalue weighted by atomic mass is 10.0. The van der Waals surface area contributed by atoms with Crippen molar-refractivity contribution >= 4 is 22.9 Å². The molecule has 1 heterocycles. The first-order chi connectivity index (χ1) is 11.9. The standard InChI is InChI=1S/C19H25NO5/c1-7-20-13(4)12(3)16-14(8-11(2)19(21)22)9-15(24-6)18(17(16)20)25-10-23-5/h8-9H,7,10H2,1-6H3,(H,21,22)/b11-8+. The summed E-state index contributed by atoms with van der Waals surface area (Å²) in [5.74, 6) is 0.194. The van der Waals surface area contributed by atoms with E-state index in [-0.39, 0.29) is 12.4 Å². The number of carbonyl (C=O) groups is 1. The molecule has 0 radical (unpaired) electrons. The first kappa shape index (κ1) is 18.9. The van der Waals surface area contributed by atoms with Gasteiger partial charge in [0.2, 0.25) is 0 Å². The van der Waals surface area contributed by atoms with Gasteiger partial charge < -0.3 is 23.9 Å². The summed E-state index contributed by atoms with van der Waals surface area (Å²) < 4.78 is 18.5. The Bertz CT molecular complexity index is 832. The van der Waals surface area contributed by atoms with Gasteiger partial charge in [0.15, 0.2) is 18.3 Å². The maximum Gasteiger partial charge on any atom is 0.331 e. The molecule has 0 spiro atoms. The van der Waals surface area contributed by atoms with E-state index in [4.69, 9.17) is 14.2 Å². The third-order valence-electron chi connectivity index (χ3n) is 4.41. The Kier molecular flexibility index (Phi) is 5.74. The van der Waals surface area contributed by atoms with Crippen molar-refractivity contribution in [1.29, 1.82) is 0 Å². The van der Waals surface area contributed by atoms with Gasteiger partial charge >= 0.3 is 5.97 Å². The lowest BCUT2D eigenvalue weighted by Crippen LogP contribution is -2.05. The average molecular weight is 347 g/mol. The van der Waals surface area contributed by atoms with E-state index >= 15 is 0 Å². The summed E-state index contributed by atoms with van der Waals surface area (Å²) in [6.45, 7) is 8.57. The fourth-order valence-corrected chi connectivity index (χ4v) is 3.06. The van der Waals surface area contributed by atoms with Crippen molar-refractivity contribution in [2.75, 3.05) is 21.0 Å². The summed E-state index contributed by atoms with van der Waals surface area (Å²) in [6, 6.07) is 1.81. The predicted octanol–water partition coefficient (Wildman–Crippen LogP) is 3.76. The largest absolute Gasteiger partial charge is 0.493 e. The lowest BCUT2D eigenvalue weighted by Gasteiger charge is -2.15. The molecule has 1 aromatic heterocycles. The zero-order valence-corrected chi connectivity index (χ0v) is 15.6. The number of aliphatic carboxylic acids is 1. The van der Waals surface area contributed by atoms with Crippen molar-refractivity contribution in [1.82, 2.24) is 4.57 Å². The number of ether oxygens (including phenoxy) is 3. The molecule has 2 rings (SSSR count). The third kappa shape index (κ3) is 3.35. The Labute approximate surface area is 147 Å². The minimum atomic E-state index is -0.948. The van der Waals surface area contributed by atoms with Crippen LogP contribution in [0.1, 0.15) is 30.7 Å². The van der Waals surface area contributed by atoms with Crippen LogP contribution < -0.4 is 9.47 Å². The van der Waals surface area contributed by atoms with Gasteiger partial charge in [0.05, 0.1) is 12.6 Å². The van der Waals surface area contributed by atoms with E-state index in [0.29, 0.717) is 11.5 Å². The molecular formula is C19H25NO5. The molecule has 6 nitrogen and oxygen atoms in total. The summed E-state index contributed by atoms with van der Waals surface area (Å²) in [7, 11) is 3.13. The SMILES string of the molecule is CCn1c(C)c(C)c2c(/C=C(\C)C(=O)O)cc(OC)c(OCOC)c21. The number of hydrogen-bond donors (Lipinski definition) is 1. The van der Waals surface area contributed by atoms with E-state index in [0.717, 1.165) is 34.3 Å². The molecule has 0 aliphatic heterocycles. The Morgan fingerprint density at radius 3 is 2.52 bits per heavy atom. The second-order valence-corrected chi connectivity index (χ2v) is 5.86. The van der Waals surface area contributed by atoms with Crippen LogP contribution in [0.25, 0.3) is 17.0 Å². The number of nitrogens with zero attached hydrogens (tertiary/aromatic N) is 1. The van der Waals surface area contributed by atoms with Gasteiger partial charge in [-0.15, -0.1) is 0 Å². The average Bonchev–Trinajstić information content (AvgIpc) is 2.84. The highest BCUT2D eigenvalue weighted by molar-refractivity contribution is 6.02. The molecular weight excluding hydrogens is 322 g/mol. The van der Waals surface area contributed by atoms with E-state index in [1.807, 2.05) is 19.9 Å². The Morgan fingerprint density at radius 1 is 1.32 bits per heavy atom. The van der Waals surface area contributed by atoms with Gasteiger partial charge in [0, 0.05) is 30.3 Å². The summed E-state index contributed by atoms with van der Waals surface area (Å²) in [4.78, 5) is 11.3. The van der Waals surface area contributed by atoms with Crippen molar-refractivity contribution in [2.45, 2.75) is 34.2 Å². The molecule has 6 heteroatoms. The minimum absolute atomic E-state index is 0.0990. The minimum Gasteiger partial charge on any atom is -0.493 e. The van der Waals surface area contributed by atoms with Crippen LogP contribution in [0.2, 0.25) is 0 Å². The topological polar surface area (TPSA) is 69.9 Å². The molecule has 0 saturated carbocycles. The number of methoxy groups -OCH3 is 2. The molecule has 0 fully saturated rings. The number of benzene rings is 1. The van der Waals surface area contributed by atoms with Crippen LogP contribution in [0, 0.1) is 13.8 Å². The monoisotopic (exact) mass is 347 g/mol. The van der Waals surface area contributed by atoms with Crippen LogP contribution in [-0.2, 0) is 16.1 Å². The number of rotatable bonds is 7. The van der Waals surface area contributed by atoms with E-state index < -0.39 is 5.97 Å². The van der Waals surface area contributed by atoms with Crippen molar-refractivity contribution in [2.24, 2.45) is 0 Å². The van der Waals surface area contributed by atoms with Crippen molar-refractivity contribution < 1.29 is 24.1 Å². The molecule has 0 aliphatic carbocycles. The maximum atomic E-state index is 11.3. The summed E-state index contributed by atoms with van der Waals surface area (Å²) in [5.41, 5.74) is 4.14. The van der Waals surface area contributed by atoms with Gasteiger partial charge in [-0.2, -0.15) is 0 Å². The molecule has 1 aromatic carbocycles.